The topological polar surface area (TPSA) is 122 Å². The maximum absolute atomic E-state index is 11.4. The van der Waals surface area contributed by atoms with Gasteiger partial charge in [-0.1, -0.05) is 11.6 Å². The second-order valence-electron chi connectivity index (χ2n) is 5.64. The Morgan fingerprint density at radius 1 is 1.38 bits per heavy atom. The van der Waals surface area contributed by atoms with Crippen molar-refractivity contribution in [1.82, 2.24) is 19.5 Å². The van der Waals surface area contributed by atoms with E-state index in [1.807, 2.05) is 0 Å². The minimum absolute atomic E-state index is 0.0362. The third-order valence-electron chi connectivity index (χ3n) is 3.94. The highest BCUT2D eigenvalue weighted by atomic mass is 35.5. The van der Waals surface area contributed by atoms with Gasteiger partial charge in [-0.2, -0.15) is 9.97 Å². The molecule has 3 unspecified atom stereocenters. The molecule has 9 nitrogen and oxygen atoms in total. The van der Waals surface area contributed by atoms with Gasteiger partial charge in [0.25, 0.3) is 0 Å². The average Bonchev–Trinajstić information content (AvgIpc) is 2.87. The van der Waals surface area contributed by atoms with E-state index in [0.717, 1.165) is 0 Å². The van der Waals surface area contributed by atoms with Crippen LogP contribution in [0, 0.1) is 5.92 Å². The number of rotatable bonds is 4. The lowest BCUT2D eigenvalue weighted by atomic mass is 9.77. The number of carbonyl (C=O) groups excluding carboxylic acids is 2. The molecule has 0 aromatic carbocycles. The summed E-state index contributed by atoms with van der Waals surface area (Å²) < 4.78 is 12.2. The molecular weight excluding hydrogens is 338 g/mol. The molecule has 2 N–H and O–H groups in total. The van der Waals surface area contributed by atoms with E-state index in [-0.39, 0.29) is 35.6 Å². The monoisotopic (exact) mass is 353 g/mol. The summed E-state index contributed by atoms with van der Waals surface area (Å²) in [7, 11) is 0. The number of nitrogens with two attached hydrogens (primary N) is 1. The minimum Gasteiger partial charge on any atom is -0.465 e. The largest absolute Gasteiger partial charge is 0.465 e. The van der Waals surface area contributed by atoms with Gasteiger partial charge in [-0.25, -0.2) is 4.98 Å². The van der Waals surface area contributed by atoms with Gasteiger partial charge in [-0.05, 0) is 6.42 Å². The lowest BCUT2D eigenvalue weighted by molar-refractivity contribution is -0.168. The molecule has 0 saturated heterocycles. The molecule has 0 aliphatic heterocycles. The van der Waals surface area contributed by atoms with E-state index in [1.54, 1.807) is 10.9 Å². The number of halogens is 1. The van der Waals surface area contributed by atoms with Crippen molar-refractivity contribution in [1.29, 1.82) is 0 Å². The normalized spacial score (nSPS) is 22.9. The number of anilines is 1. The molecule has 3 atom stereocenters. The van der Waals surface area contributed by atoms with Crippen LogP contribution in [-0.4, -0.2) is 44.2 Å². The highest BCUT2D eigenvalue weighted by Gasteiger charge is 2.46. The van der Waals surface area contributed by atoms with Crippen LogP contribution >= 0.6 is 11.6 Å². The standard InChI is InChI=1S/C14H16ClN5O4/c1-6(21)23-4-8-3-9(11(8)24-7(2)22)20-5-17-10-12(15)18-14(16)19-13(10)20/h5,8-9,11H,3-4H2,1-2H3,(H2,16,18,19). The first-order valence-electron chi connectivity index (χ1n) is 7.33. The summed E-state index contributed by atoms with van der Waals surface area (Å²) in [5.41, 5.74) is 6.54. The van der Waals surface area contributed by atoms with Crippen molar-refractivity contribution in [3.63, 3.8) is 0 Å². The van der Waals surface area contributed by atoms with Gasteiger partial charge >= 0.3 is 11.9 Å². The van der Waals surface area contributed by atoms with Crippen LogP contribution in [0.3, 0.4) is 0 Å². The molecule has 2 aromatic rings. The Hall–Kier alpha value is -2.42. The number of imidazole rings is 1. The van der Waals surface area contributed by atoms with Crippen molar-refractivity contribution in [2.45, 2.75) is 32.4 Å². The molecule has 0 radical (unpaired) electrons. The van der Waals surface area contributed by atoms with Crippen LogP contribution in [-0.2, 0) is 19.1 Å². The number of carbonyl (C=O) groups is 2. The first kappa shape index (κ1) is 16.4. The Morgan fingerprint density at radius 3 is 2.79 bits per heavy atom. The molecular formula is C14H16ClN5O4. The van der Waals surface area contributed by atoms with Crippen LogP contribution < -0.4 is 5.73 Å². The van der Waals surface area contributed by atoms with Gasteiger partial charge in [0.15, 0.2) is 10.8 Å². The summed E-state index contributed by atoms with van der Waals surface area (Å²) in [6, 6.07) is -0.190. The Labute approximate surface area is 142 Å². The summed E-state index contributed by atoms with van der Waals surface area (Å²) in [5, 5.41) is 0.163. The van der Waals surface area contributed by atoms with E-state index < -0.39 is 12.1 Å². The van der Waals surface area contributed by atoms with Gasteiger partial charge in [0.1, 0.15) is 11.6 Å². The maximum Gasteiger partial charge on any atom is 0.302 e. The van der Waals surface area contributed by atoms with E-state index in [0.29, 0.717) is 17.6 Å². The number of hydrogen-bond acceptors (Lipinski definition) is 8. The van der Waals surface area contributed by atoms with Crippen LogP contribution in [0.1, 0.15) is 26.3 Å². The summed E-state index contributed by atoms with van der Waals surface area (Å²) in [5.74, 6) is -0.835. The number of esters is 2. The van der Waals surface area contributed by atoms with E-state index in [1.165, 1.54) is 13.8 Å². The molecule has 3 rings (SSSR count). The Morgan fingerprint density at radius 2 is 2.12 bits per heavy atom. The first-order valence-corrected chi connectivity index (χ1v) is 7.70. The van der Waals surface area contributed by atoms with Crippen LogP contribution in [0.15, 0.2) is 6.33 Å². The molecule has 1 aliphatic rings. The zero-order valence-electron chi connectivity index (χ0n) is 13.1. The predicted molar refractivity (Wildman–Crippen MR) is 84.1 cm³/mol. The highest BCUT2D eigenvalue weighted by Crippen LogP contribution is 2.42. The smallest absolute Gasteiger partial charge is 0.302 e. The molecule has 1 aliphatic carbocycles. The molecule has 2 heterocycles. The molecule has 1 saturated carbocycles. The fourth-order valence-electron chi connectivity index (χ4n) is 2.86. The number of aromatic nitrogens is 4. The molecule has 1 fully saturated rings. The first-order chi connectivity index (χ1) is 11.4. The quantitative estimate of drug-likeness (QED) is 0.640. The van der Waals surface area contributed by atoms with Crippen molar-refractivity contribution in [3.05, 3.63) is 11.5 Å². The van der Waals surface area contributed by atoms with Crippen LogP contribution in [0.5, 0.6) is 0 Å². The number of ether oxygens (including phenoxy) is 2. The SMILES string of the molecule is CC(=O)OCC1CC(n2cnc3c(Cl)nc(N)nc32)C1OC(C)=O. The van der Waals surface area contributed by atoms with Crippen LogP contribution in [0.25, 0.3) is 11.2 Å². The Bertz CT molecular complexity index is 808. The molecule has 10 heteroatoms. The summed E-state index contributed by atoms with van der Waals surface area (Å²) in [6.45, 7) is 2.86. The van der Waals surface area contributed by atoms with Crippen molar-refractivity contribution < 1.29 is 19.1 Å². The lowest BCUT2D eigenvalue weighted by Gasteiger charge is -2.43. The molecule has 0 bridgehead atoms. The van der Waals surface area contributed by atoms with Crippen molar-refractivity contribution in [2.75, 3.05) is 12.3 Å². The third-order valence-corrected chi connectivity index (χ3v) is 4.21. The van der Waals surface area contributed by atoms with Crippen LogP contribution in [0.4, 0.5) is 5.95 Å². The predicted octanol–water partition coefficient (Wildman–Crippen LogP) is 1.12. The van der Waals surface area contributed by atoms with Gasteiger partial charge in [0.05, 0.1) is 19.0 Å². The molecule has 24 heavy (non-hydrogen) atoms. The van der Waals surface area contributed by atoms with E-state index in [9.17, 15) is 9.59 Å². The van der Waals surface area contributed by atoms with Gasteiger partial charge in [-0.15, -0.1) is 0 Å². The second kappa shape index (κ2) is 6.23. The van der Waals surface area contributed by atoms with Crippen molar-refractivity contribution >= 4 is 40.7 Å². The number of nitrogen functional groups attached to an aromatic ring is 1. The molecule has 2 aromatic heterocycles. The Kier molecular flexibility index (Phi) is 4.27. The molecule has 0 spiro atoms. The fraction of sp³-hybridized carbons (Fsp3) is 0.500. The summed E-state index contributed by atoms with van der Waals surface area (Å²) in [6.07, 6.45) is 1.75. The zero-order chi connectivity index (χ0) is 17.4. The lowest BCUT2D eigenvalue weighted by Crippen LogP contribution is -2.48. The summed E-state index contributed by atoms with van der Waals surface area (Å²) in [4.78, 5) is 34.6. The van der Waals surface area contributed by atoms with Gasteiger partial charge in [0.2, 0.25) is 5.95 Å². The van der Waals surface area contributed by atoms with E-state index in [4.69, 9.17) is 26.8 Å². The van der Waals surface area contributed by atoms with Crippen molar-refractivity contribution in [3.8, 4) is 0 Å². The fourth-order valence-corrected chi connectivity index (χ4v) is 3.08. The van der Waals surface area contributed by atoms with Crippen LogP contribution in [0.2, 0.25) is 5.15 Å². The average molecular weight is 354 g/mol. The molecule has 128 valence electrons. The third kappa shape index (κ3) is 2.99. The van der Waals surface area contributed by atoms with Gasteiger partial charge in [0, 0.05) is 19.8 Å². The number of hydrogen-bond donors (Lipinski definition) is 1. The number of fused-ring (bicyclic) bond motifs is 1. The second-order valence-corrected chi connectivity index (χ2v) is 5.99. The van der Waals surface area contributed by atoms with E-state index in [2.05, 4.69) is 15.0 Å². The van der Waals surface area contributed by atoms with E-state index >= 15 is 0 Å². The Balaban J connectivity index is 1.88. The zero-order valence-corrected chi connectivity index (χ0v) is 13.9. The van der Waals surface area contributed by atoms with Gasteiger partial charge < -0.3 is 19.8 Å². The maximum atomic E-state index is 11.4. The molecule has 0 amide bonds. The number of nitrogens with zero attached hydrogens (tertiary/aromatic N) is 4. The summed E-state index contributed by atoms with van der Waals surface area (Å²) >= 11 is 6.03. The van der Waals surface area contributed by atoms with Gasteiger partial charge in [-0.3, -0.25) is 9.59 Å². The minimum atomic E-state index is -0.450. The highest BCUT2D eigenvalue weighted by molar-refractivity contribution is 6.33. The van der Waals surface area contributed by atoms with Crippen molar-refractivity contribution in [2.24, 2.45) is 5.92 Å².